The Kier molecular flexibility index (Phi) is 24.1. The number of amides is 9. The van der Waals surface area contributed by atoms with Gasteiger partial charge in [0.25, 0.3) is 0 Å². The number of fused-ring (bicyclic) bond motifs is 4. The molecular formula is C64H83N19O9. The van der Waals surface area contributed by atoms with Crippen LogP contribution >= 0.6 is 0 Å². The van der Waals surface area contributed by atoms with Crippen LogP contribution in [0.5, 0.6) is 0 Å². The number of carbonyl (C=O) groups excluding carboxylic acids is 9. The predicted octanol–water partition coefficient (Wildman–Crippen LogP) is -1.68. The molecule has 0 radical (unpaired) electrons. The molecule has 0 fully saturated rings. The largest absolute Gasteiger partial charge is 0.368 e. The van der Waals surface area contributed by atoms with Gasteiger partial charge in [0.05, 0.1) is 6.04 Å². The van der Waals surface area contributed by atoms with Crippen LogP contribution in [0.4, 0.5) is 0 Å². The fourth-order valence-electron chi connectivity index (χ4n) is 11.2. The first-order chi connectivity index (χ1) is 44.4. The Labute approximate surface area is 529 Å². The summed E-state index contributed by atoms with van der Waals surface area (Å²) in [6, 6.07) is 17.4. The number of aromatic nitrogens is 4. The van der Waals surface area contributed by atoms with Crippen molar-refractivity contribution in [1.82, 2.24) is 62.5 Å². The molecule has 4 aromatic carbocycles. The molecule has 9 atom stereocenters. The van der Waals surface area contributed by atoms with E-state index >= 15 is 19.2 Å². The first-order valence-electron chi connectivity index (χ1n) is 30.6. The number of aromatic amines is 4. The Morgan fingerprint density at radius 2 is 0.522 bits per heavy atom. The van der Waals surface area contributed by atoms with Crippen LogP contribution in [0.25, 0.3) is 43.6 Å². The summed E-state index contributed by atoms with van der Waals surface area (Å²) in [6.07, 6.45) is 6.13. The summed E-state index contributed by atoms with van der Waals surface area (Å²) >= 11 is 0. The lowest BCUT2D eigenvalue weighted by atomic mass is 10.00. The predicted molar refractivity (Wildman–Crippen MR) is 349 cm³/mol. The van der Waals surface area contributed by atoms with Gasteiger partial charge in [-0.05, 0) is 111 Å². The van der Waals surface area contributed by atoms with Crippen molar-refractivity contribution in [2.24, 2.45) is 40.1 Å². The molecule has 4 aromatic heterocycles. The van der Waals surface area contributed by atoms with Gasteiger partial charge in [0, 0.05) is 94.1 Å². The molecule has 9 amide bonds. The van der Waals surface area contributed by atoms with Crippen LogP contribution in [0, 0.1) is 0 Å². The molecule has 0 bridgehead atoms. The molecular weight excluding hydrogens is 1180 g/mol. The van der Waals surface area contributed by atoms with Gasteiger partial charge in [0.1, 0.15) is 48.3 Å². The van der Waals surface area contributed by atoms with Gasteiger partial charge in [0.2, 0.25) is 53.2 Å². The average Bonchev–Trinajstić information content (AvgIpc) is 1.80. The van der Waals surface area contributed by atoms with E-state index < -0.39 is 108 Å². The molecule has 8 aromatic rings. The van der Waals surface area contributed by atoms with E-state index in [-0.39, 0.29) is 90.5 Å². The highest BCUT2D eigenvalue weighted by atomic mass is 16.2. The molecule has 488 valence electrons. The number of rotatable bonds is 35. The van der Waals surface area contributed by atoms with E-state index in [9.17, 15) is 24.0 Å². The molecule has 4 heterocycles. The number of nitrogens with one attached hydrogen (secondary N) is 12. The number of benzene rings is 4. The van der Waals surface area contributed by atoms with Crippen molar-refractivity contribution < 1.29 is 43.2 Å². The maximum absolute atomic E-state index is 15.2. The molecule has 8 rings (SSSR count). The second-order valence-electron chi connectivity index (χ2n) is 22.6. The summed E-state index contributed by atoms with van der Waals surface area (Å²) < 4.78 is 0. The smallest absolute Gasteiger partial charge is 0.243 e. The van der Waals surface area contributed by atoms with Crippen molar-refractivity contribution in [3.8, 4) is 0 Å². The number of H-pyrrole nitrogens is 4. The molecule has 28 heteroatoms. The highest BCUT2D eigenvalue weighted by Gasteiger charge is 2.36. The quantitative estimate of drug-likeness (QED) is 0.0211. The van der Waals surface area contributed by atoms with Crippen molar-refractivity contribution in [3.63, 3.8) is 0 Å². The summed E-state index contributed by atoms with van der Waals surface area (Å²) in [7, 11) is 0. The van der Waals surface area contributed by atoms with Gasteiger partial charge >= 0.3 is 0 Å². The lowest BCUT2D eigenvalue weighted by molar-refractivity contribution is -0.136. The van der Waals surface area contributed by atoms with Crippen molar-refractivity contribution in [1.29, 1.82) is 0 Å². The first-order valence-corrected chi connectivity index (χ1v) is 30.6. The Hall–Kier alpha value is -9.97. The molecule has 0 aliphatic rings. The number of carbonyl (C=O) groups is 9. The van der Waals surface area contributed by atoms with Crippen molar-refractivity contribution in [3.05, 3.63) is 144 Å². The second kappa shape index (κ2) is 32.7. The standard InChI is InChI=1S/C64H83N19O9/c65-22-17-43(70)57(85)77-49(19-24-67)59(87)80-54(29-37-33-74-46-15-7-3-11-41(37)46)63(91)83-53(28-36-32-73-45-14-6-2-10-40(36)45)62(90)79-51(21-26-69)60(88)81-55(30-38-34-75-47-16-8-4-12-42(38)47)64(92)82-52(27-35-31-72-44-13-5-1-9-39(35)44)61(89)78-50(20-25-68)58(86)76-48(18-23-66)56(71)84/h1-16,31-34,43,48-55,72-75H,17-30,65-70H2,(H2,71,84)(H,76,86)(H,77,85)(H,78,89)(H,79,90)(H,80,87)(H,81,88)(H,82,92)(H,83,91)/t43-,48-,49-,50-,51-,52-,53-,54-,55-/m0/s1. The number of primary amides is 1. The summed E-state index contributed by atoms with van der Waals surface area (Å²) in [5.41, 5.74) is 46.4. The molecule has 0 aliphatic heterocycles. The van der Waals surface area contributed by atoms with E-state index in [0.29, 0.717) is 22.3 Å². The third-order valence-electron chi connectivity index (χ3n) is 16.1. The van der Waals surface area contributed by atoms with E-state index in [1.54, 1.807) is 30.9 Å². The normalized spacial score (nSPS) is 14.4. The lowest BCUT2D eigenvalue weighted by Gasteiger charge is -2.28. The highest BCUT2D eigenvalue weighted by Crippen LogP contribution is 2.24. The van der Waals surface area contributed by atoms with Crippen LogP contribution in [0.15, 0.2) is 122 Å². The average molecular weight is 1260 g/mol. The van der Waals surface area contributed by atoms with E-state index in [4.69, 9.17) is 40.1 Å². The Morgan fingerprint density at radius 1 is 0.304 bits per heavy atom. The summed E-state index contributed by atoms with van der Waals surface area (Å²) in [6.45, 7) is -0.110. The van der Waals surface area contributed by atoms with Gasteiger partial charge in [0.15, 0.2) is 0 Å². The minimum absolute atomic E-state index is 0.0201. The third-order valence-corrected chi connectivity index (χ3v) is 16.1. The fourth-order valence-corrected chi connectivity index (χ4v) is 11.2. The number of para-hydroxylation sites is 4. The molecule has 0 saturated heterocycles. The number of hydrogen-bond acceptors (Lipinski definition) is 15. The highest BCUT2D eigenvalue weighted by molar-refractivity contribution is 6.00. The van der Waals surface area contributed by atoms with Gasteiger partial charge in [-0.15, -0.1) is 0 Å². The zero-order valence-electron chi connectivity index (χ0n) is 50.9. The lowest BCUT2D eigenvalue weighted by Crippen LogP contribution is -2.61. The molecule has 26 N–H and O–H groups in total. The minimum Gasteiger partial charge on any atom is -0.368 e. The fraction of sp³-hybridized carbons (Fsp3) is 0.359. The van der Waals surface area contributed by atoms with Crippen molar-refractivity contribution >= 4 is 96.8 Å². The summed E-state index contributed by atoms with van der Waals surface area (Å²) in [4.78, 5) is 141. The first kappa shape index (κ1) is 68.0. The number of hydrogen-bond donors (Lipinski definition) is 19. The van der Waals surface area contributed by atoms with Crippen LogP contribution in [0.1, 0.15) is 54.4 Å². The zero-order valence-corrected chi connectivity index (χ0v) is 50.9. The molecule has 0 saturated carbocycles. The molecule has 92 heavy (non-hydrogen) atoms. The van der Waals surface area contributed by atoms with E-state index in [2.05, 4.69) is 62.5 Å². The minimum atomic E-state index is -1.47. The van der Waals surface area contributed by atoms with Crippen molar-refractivity contribution in [2.45, 2.75) is 112 Å². The Morgan fingerprint density at radius 3 is 0.783 bits per heavy atom. The SMILES string of the molecule is NCC[C@H](NC(=O)[C@H](CCN)NC(=O)[C@H](Cc1c[nH]c2ccccc12)NC(=O)[C@H](Cc1c[nH]c2ccccc12)NC(=O)[C@H](CCN)NC(=O)[C@H](Cc1c[nH]c2ccccc12)NC(=O)[C@H](Cc1c[nH]c2ccccc12)NC(=O)[C@H](CCN)NC(=O)[C@@H](N)CCN)C(N)=O. The van der Waals surface area contributed by atoms with Gasteiger partial charge in [-0.2, -0.15) is 0 Å². The van der Waals surface area contributed by atoms with E-state index in [1.807, 2.05) is 91.0 Å². The molecule has 28 nitrogen and oxygen atoms in total. The maximum atomic E-state index is 15.2. The maximum Gasteiger partial charge on any atom is 0.243 e. The van der Waals surface area contributed by atoms with Crippen LogP contribution < -0.4 is 82.7 Å². The van der Waals surface area contributed by atoms with E-state index in [1.165, 1.54) is 0 Å². The topological polar surface area (TPSA) is 495 Å². The second-order valence-corrected chi connectivity index (χ2v) is 22.6. The van der Waals surface area contributed by atoms with Crippen LogP contribution in [-0.4, -0.2) is 160 Å². The van der Waals surface area contributed by atoms with Crippen LogP contribution in [0.3, 0.4) is 0 Å². The Bertz CT molecular complexity index is 3870. The number of nitrogens with two attached hydrogens (primary N) is 7. The van der Waals surface area contributed by atoms with Crippen molar-refractivity contribution in [2.75, 3.05) is 32.7 Å². The summed E-state index contributed by atoms with van der Waals surface area (Å²) in [5.74, 6) is -7.17. The third kappa shape index (κ3) is 17.5. The molecule has 0 aliphatic carbocycles. The monoisotopic (exact) mass is 1260 g/mol. The van der Waals surface area contributed by atoms with Crippen LogP contribution in [0.2, 0.25) is 0 Å². The van der Waals surface area contributed by atoms with Crippen LogP contribution in [-0.2, 0) is 68.8 Å². The van der Waals surface area contributed by atoms with E-state index in [0.717, 1.165) is 43.6 Å². The Balaban J connectivity index is 1.10. The van der Waals surface area contributed by atoms with Gasteiger partial charge in [-0.25, -0.2) is 0 Å². The van der Waals surface area contributed by atoms with Gasteiger partial charge in [-0.3, -0.25) is 43.2 Å². The van der Waals surface area contributed by atoms with Gasteiger partial charge < -0.3 is 103 Å². The van der Waals surface area contributed by atoms with Gasteiger partial charge in [-0.1, -0.05) is 72.8 Å². The molecule has 0 spiro atoms. The summed E-state index contributed by atoms with van der Waals surface area (Å²) in [5, 5.41) is 25.0. The zero-order chi connectivity index (χ0) is 65.8. The molecule has 0 unspecified atom stereocenters.